The predicted octanol–water partition coefficient (Wildman–Crippen LogP) is 2.31. The number of carbonyl (C=O) groups excluding carboxylic acids is 3. The van der Waals surface area contributed by atoms with Gasteiger partial charge in [-0.1, -0.05) is 25.8 Å². The van der Waals surface area contributed by atoms with Crippen LogP contribution in [0, 0.1) is 30.1 Å². The first-order valence-corrected chi connectivity index (χ1v) is 11.8. The minimum absolute atomic E-state index is 0.0266. The summed E-state index contributed by atoms with van der Waals surface area (Å²) in [5.41, 5.74) is 1.21. The van der Waals surface area contributed by atoms with Gasteiger partial charge in [-0.05, 0) is 49.3 Å². The second-order valence-corrected chi connectivity index (χ2v) is 9.56. The number of nitrogens with zero attached hydrogens (tertiary/aromatic N) is 1. The number of rotatable bonds is 7. The average molecular weight is 465 g/mol. The number of aromatic amines is 1. The van der Waals surface area contributed by atoms with Gasteiger partial charge in [0.2, 0.25) is 11.8 Å². The number of nitrogens with one attached hydrogen (secondary N) is 3. The molecule has 0 saturated carbocycles. The molecule has 0 unspecified atom stereocenters. The number of H-pyrrole nitrogens is 1. The van der Waals surface area contributed by atoms with E-state index in [0.29, 0.717) is 49.7 Å². The van der Waals surface area contributed by atoms with Crippen molar-refractivity contribution in [2.24, 2.45) is 17.8 Å². The molecule has 180 valence electrons. The normalized spacial score (nSPS) is 23.1. The number of hydrogen-bond donors (Lipinski definition) is 3. The number of hydrogen-bond acceptors (Lipinski definition) is 4. The van der Waals surface area contributed by atoms with Gasteiger partial charge >= 0.3 is 0 Å². The van der Waals surface area contributed by atoms with Crippen LogP contribution in [0.4, 0.5) is 0 Å². The van der Waals surface area contributed by atoms with Crippen molar-refractivity contribution in [1.82, 2.24) is 20.5 Å². The van der Waals surface area contributed by atoms with Crippen molar-refractivity contribution < 1.29 is 19.1 Å². The minimum Gasteiger partial charge on any atom is -0.496 e. The highest BCUT2D eigenvalue weighted by Gasteiger charge is 2.42. The Hall–Kier alpha value is -3.47. The van der Waals surface area contributed by atoms with E-state index in [4.69, 9.17) is 11.2 Å². The number of methoxy groups -OCH3 is 1. The van der Waals surface area contributed by atoms with Crippen molar-refractivity contribution in [1.29, 1.82) is 0 Å². The zero-order valence-corrected chi connectivity index (χ0v) is 19.9. The fourth-order valence-electron chi connectivity index (χ4n) is 4.99. The quantitative estimate of drug-likeness (QED) is 0.547. The number of amides is 3. The molecule has 2 aliphatic rings. The highest BCUT2D eigenvalue weighted by molar-refractivity contribution is 6.01. The molecule has 3 amide bonds. The lowest BCUT2D eigenvalue weighted by Crippen LogP contribution is -2.49. The summed E-state index contributed by atoms with van der Waals surface area (Å²) < 4.78 is 5.42. The van der Waals surface area contributed by atoms with E-state index < -0.39 is 12.1 Å². The third kappa shape index (κ3) is 4.60. The molecule has 4 rings (SSSR count). The third-order valence-electron chi connectivity index (χ3n) is 7.11. The van der Waals surface area contributed by atoms with Crippen LogP contribution in [0.15, 0.2) is 24.3 Å². The van der Waals surface area contributed by atoms with Crippen LogP contribution >= 0.6 is 0 Å². The molecule has 3 heterocycles. The van der Waals surface area contributed by atoms with Gasteiger partial charge in [0.25, 0.3) is 5.91 Å². The van der Waals surface area contributed by atoms with Crippen LogP contribution < -0.4 is 15.4 Å². The Morgan fingerprint density at radius 1 is 1.35 bits per heavy atom. The highest BCUT2D eigenvalue weighted by atomic mass is 16.5. The molecule has 0 bridgehead atoms. The summed E-state index contributed by atoms with van der Waals surface area (Å²) in [7, 11) is 1.59. The van der Waals surface area contributed by atoms with Crippen molar-refractivity contribution in [2.75, 3.05) is 20.2 Å². The van der Waals surface area contributed by atoms with Gasteiger partial charge < -0.3 is 25.3 Å². The van der Waals surface area contributed by atoms with Crippen molar-refractivity contribution >= 4 is 28.6 Å². The molecule has 8 heteroatoms. The van der Waals surface area contributed by atoms with E-state index in [2.05, 4.69) is 35.4 Å². The van der Waals surface area contributed by atoms with Gasteiger partial charge in [-0.3, -0.25) is 14.4 Å². The standard InChI is InChI=1S/C26H32N4O4/c1-5-18(11-16-9-10-27-24(16)31)28-25(32)22-12-17(15(2)3)14-30(22)26(33)21-13-19-20(29-21)7-6-8-23(19)34-4/h1,6-8,13,15-18,22,29H,9-12,14H2,2-4H3,(H,27,31)(H,28,32)/t16-,17+,18+,22-/m0/s1. The van der Waals surface area contributed by atoms with Crippen LogP contribution in [0.2, 0.25) is 0 Å². The summed E-state index contributed by atoms with van der Waals surface area (Å²) >= 11 is 0. The van der Waals surface area contributed by atoms with Gasteiger partial charge in [-0.15, -0.1) is 6.42 Å². The lowest BCUT2D eigenvalue weighted by molar-refractivity contribution is -0.126. The summed E-state index contributed by atoms with van der Waals surface area (Å²) in [6.07, 6.45) is 7.35. The summed E-state index contributed by atoms with van der Waals surface area (Å²) in [4.78, 5) is 43.6. The predicted molar refractivity (Wildman–Crippen MR) is 129 cm³/mol. The maximum Gasteiger partial charge on any atom is 0.270 e. The lowest BCUT2D eigenvalue weighted by Gasteiger charge is -2.25. The molecule has 34 heavy (non-hydrogen) atoms. The summed E-state index contributed by atoms with van der Waals surface area (Å²) in [6, 6.07) is 6.18. The zero-order valence-electron chi connectivity index (χ0n) is 19.9. The van der Waals surface area contributed by atoms with Gasteiger partial charge in [0.05, 0.1) is 13.2 Å². The fraction of sp³-hybridized carbons (Fsp3) is 0.500. The van der Waals surface area contributed by atoms with Gasteiger partial charge in [-0.2, -0.15) is 0 Å². The fourth-order valence-corrected chi connectivity index (χ4v) is 4.99. The molecule has 0 spiro atoms. The van der Waals surface area contributed by atoms with Gasteiger partial charge in [-0.25, -0.2) is 0 Å². The lowest BCUT2D eigenvalue weighted by atomic mass is 9.93. The Morgan fingerprint density at radius 3 is 2.79 bits per heavy atom. The molecule has 3 N–H and O–H groups in total. The Labute approximate surface area is 199 Å². The van der Waals surface area contributed by atoms with E-state index >= 15 is 0 Å². The molecule has 2 aliphatic heterocycles. The minimum atomic E-state index is -0.624. The van der Waals surface area contributed by atoms with Gasteiger partial charge in [0, 0.05) is 29.9 Å². The zero-order chi connectivity index (χ0) is 24.4. The molecule has 4 atom stereocenters. The maximum absolute atomic E-state index is 13.6. The molecule has 0 aliphatic carbocycles. The van der Waals surface area contributed by atoms with E-state index in [1.807, 2.05) is 18.2 Å². The second-order valence-electron chi connectivity index (χ2n) is 9.56. The first-order chi connectivity index (χ1) is 16.3. The van der Waals surface area contributed by atoms with Gasteiger partial charge in [0.1, 0.15) is 17.5 Å². The maximum atomic E-state index is 13.6. The van der Waals surface area contributed by atoms with Gasteiger partial charge in [0.15, 0.2) is 0 Å². The summed E-state index contributed by atoms with van der Waals surface area (Å²) in [5, 5.41) is 6.53. The number of fused-ring (bicyclic) bond motifs is 1. The number of benzene rings is 1. The van der Waals surface area contributed by atoms with Crippen LogP contribution in [0.5, 0.6) is 5.75 Å². The van der Waals surface area contributed by atoms with Crippen LogP contribution in [-0.2, 0) is 9.59 Å². The smallest absolute Gasteiger partial charge is 0.270 e. The molecule has 2 fully saturated rings. The van der Waals surface area contributed by atoms with Crippen molar-refractivity contribution in [2.45, 2.75) is 45.2 Å². The van der Waals surface area contributed by atoms with Crippen molar-refractivity contribution in [3.63, 3.8) is 0 Å². The molecule has 8 nitrogen and oxygen atoms in total. The van der Waals surface area contributed by atoms with E-state index in [9.17, 15) is 14.4 Å². The first kappa shape index (κ1) is 23.7. The SMILES string of the molecule is C#C[C@H](C[C@@H]1CCNC1=O)NC(=O)[C@@H]1C[C@@H](C(C)C)CN1C(=O)c1cc2c(OC)cccc2[nH]1. The number of carbonyl (C=O) groups is 3. The highest BCUT2D eigenvalue weighted by Crippen LogP contribution is 2.32. The number of aromatic nitrogens is 1. The first-order valence-electron chi connectivity index (χ1n) is 11.8. The Balaban J connectivity index is 1.54. The van der Waals surface area contributed by atoms with Crippen molar-refractivity contribution in [3.05, 3.63) is 30.0 Å². The van der Waals surface area contributed by atoms with E-state index in [1.165, 1.54) is 0 Å². The van der Waals surface area contributed by atoms with E-state index in [1.54, 1.807) is 18.1 Å². The largest absolute Gasteiger partial charge is 0.496 e. The second kappa shape index (κ2) is 9.80. The molecule has 0 radical (unpaired) electrons. The van der Waals surface area contributed by atoms with Crippen LogP contribution in [0.25, 0.3) is 10.9 Å². The average Bonchev–Trinajstić information content (AvgIpc) is 3.56. The molecular weight excluding hydrogens is 432 g/mol. The van der Waals surface area contributed by atoms with E-state index in [0.717, 1.165) is 10.9 Å². The molecule has 2 aromatic rings. The van der Waals surface area contributed by atoms with Crippen LogP contribution in [-0.4, -0.2) is 59.9 Å². The monoisotopic (exact) mass is 464 g/mol. The molecule has 1 aromatic carbocycles. The van der Waals surface area contributed by atoms with E-state index in [-0.39, 0.29) is 29.6 Å². The van der Waals surface area contributed by atoms with Crippen LogP contribution in [0.3, 0.4) is 0 Å². The Bertz CT molecular complexity index is 1130. The molecule has 2 saturated heterocycles. The Kier molecular flexibility index (Phi) is 6.82. The van der Waals surface area contributed by atoms with Crippen molar-refractivity contribution in [3.8, 4) is 18.1 Å². The molecule has 1 aromatic heterocycles. The molecular formula is C26H32N4O4. The third-order valence-corrected chi connectivity index (χ3v) is 7.11. The Morgan fingerprint density at radius 2 is 2.15 bits per heavy atom. The topological polar surface area (TPSA) is 104 Å². The number of ether oxygens (including phenoxy) is 1. The van der Waals surface area contributed by atoms with Crippen LogP contribution in [0.1, 0.15) is 43.6 Å². The summed E-state index contributed by atoms with van der Waals surface area (Å²) in [6.45, 7) is 5.33. The summed E-state index contributed by atoms with van der Waals surface area (Å²) in [5.74, 6) is 3.08. The number of likely N-dealkylation sites (tertiary alicyclic amines) is 1. The number of terminal acetylenes is 1.